The van der Waals surface area contributed by atoms with Crippen LogP contribution in [0.15, 0.2) is 18.6 Å². The van der Waals surface area contributed by atoms with Crippen LogP contribution in [-0.4, -0.2) is 79.5 Å². The molecule has 12 rings (SSSR count). The third kappa shape index (κ3) is 6.75. The molecular formula is C30H27F12I3N6O3. The van der Waals surface area contributed by atoms with Gasteiger partial charge in [-0.25, -0.2) is 28.1 Å². The van der Waals surface area contributed by atoms with Crippen LogP contribution in [0.4, 0.5) is 52.7 Å². The molecule has 24 heteroatoms. The lowest BCUT2D eigenvalue weighted by atomic mass is 9.47. The Morgan fingerprint density at radius 2 is 0.648 bits per heavy atom. The molecule has 6 bridgehead atoms. The largest absolute Gasteiger partial charge is 0.421 e. The van der Waals surface area contributed by atoms with Crippen LogP contribution in [0.2, 0.25) is 0 Å². The van der Waals surface area contributed by atoms with E-state index in [0.717, 1.165) is 0 Å². The van der Waals surface area contributed by atoms with Gasteiger partial charge in [-0.3, -0.25) is 0 Å². The van der Waals surface area contributed by atoms with Crippen molar-refractivity contribution in [2.45, 2.75) is 128 Å². The second-order valence-electron chi connectivity index (χ2n) is 15.4. The molecule has 300 valence electrons. The number of hydrogen-bond donors (Lipinski definition) is 3. The van der Waals surface area contributed by atoms with Gasteiger partial charge < -0.3 is 29.0 Å². The number of imidazole rings is 3. The van der Waals surface area contributed by atoms with Gasteiger partial charge in [0.2, 0.25) is 18.3 Å². The van der Waals surface area contributed by atoms with Crippen LogP contribution in [0.1, 0.15) is 93.6 Å². The van der Waals surface area contributed by atoms with E-state index in [1.54, 1.807) is 67.8 Å². The summed E-state index contributed by atoms with van der Waals surface area (Å²) in [6.45, 7) is 0. The lowest BCUT2D eigenvalue weighted by Crippen LogP contribution is -2.70. The average molecular weight is 1130 g/mol. The molecule has 0 amide bonds. The highest BCUT2D eigenvalue weighted by Gasteiger charge is 2.73. The van der Waals surface area contributed by atoms with Crippen LogP contribution in [0.5, 0.6) is 0 Å². The Morgan fingerprint density at radius 3 is 0.796 bits per heavy atom. The molecule has 9 aliphatic rings. The number of alkyl halides is 12. The fourth-order valence-corrected chi connectivity index (χ4v) is 10.4. The summed E-state index contributed by atoms with van der Waals surface area (Å²) < 4.78 is 158. The summed E-state index contributed by atoms with van der Waals surface area (Å²) in [5, 5.41) is 27.9. The fourth-order valence-electron chi connectivity index (χ4n) is 8.86. The van der Waals surface area contributed by atoms with Gasteiger partial charge in [-0.15, -0.1) is 0 Å². The Bertz CT molecular complexity index is 1700. The fraction of sp³-hybridized carbons (Fsp3) is 0.700. The minimum atomic E-state index is -4.76. The molecule has 0 radical (unpaired) electrons. The van der Waals surface area contributed by atoms with Gasteiger partial charge in [0.05, 0.1) is 16.6 Å². The molecule has 3 atom stereocenters. The van der Waals surface area contributed by atoms with Crippen molar-refractivity contribution in [1.29, 1.82) is 0 Å². The summed E-state index contributed by atoms with van der Waals surface area (Å²) in [5.41, 5.74) is -5.45. The maximum atomic E-state index is 13.5. The van der Waals surface area contributed by atoms with Gasteiger partial charge in [0.1, 0.15) is 45.6 Å². The number of nitrogens with zero attached hydrogens (tertiary/aromatic N) is 6. The van der Waals surface area contributed by atoms with Crippen molar-refractivity contribution in [2.75, 3.05) is 0 Å². The topological polar surface area (TPSA) is 114 Å². The van der Waals surface area contributed by atoms with E-state index in [0.29, 0.717) is 11.1 Å². The maximum absolute atomic E-state index is 13.5. The highest BCUT2D eigenvalue weighted by Crippen LogP contribution is 2.70. The Morgan fingerprint density at radius 1 is 0.463 bits per heavy atom. The summed E-state index contributed by atoms with van der Waals surface area (Å²) in [5.74, 6) is -1.31. The lowest BCUT2D eigenvalue weighted by molar-refractivity contribution is -0.223. The lowest BCUT2D eigenvalue weighted by Gasteiger charge is -2.66. The second kappa shape index (κ2) is 12.4. The minimum absolute atomic E-state index is 0.212. The first-order valence-electron chi connectivity index (χ1n) is 16.0. The summed E-state index contributed by atoms with van der Waals surface area (Å²) in [6.07, 6.45) is -15.9. The predicted molar refractivity (Wildman–Crippen MR) is 185 cm³/mol. The SMILES string of the molecule is OC(c1nc(I)cn1C12CC(F)(C1)C2)C(F)(F)F.O[C@@H](c1nc(I)cn1C12CC(F)(C1)C2)C(F)(F)F.O[C@H](c1nc(I)cn1C12CC(F)(C1)C2)C(F)(F)F. The zero-order chi connectivity index (χ0) is 40.0. The first-order chi connectivity index (χ1) is 24.5. The van der Waals surface area contributed by atoms with Crippen LogP contribution in [0.25, 0.3) is 0 Å². The molecule has 0 aromatic carbocycles. The van der Waals surface area contributed by atoms with Crippen LogP contribution >= 0.6 is 67.8 Å². The Labute approximate surface area is 337 Å². The molecular weight excluding hydrogens is 1100 g/mol. The quantitative estimate of drug-likeness (QED) is 0.170. The van der Waals surface area contributed by atoms with Gasteiger partial charge in [0.15, 0.2) is 0 Å². The van der Waals surface area contributed by atoms with Crippen molar-refractivity contribution >= 4 is 67.8 Å². The molecule has 1 unspecified atom stereocenters. The first kappa shape index (κ1) is 41.0. The first-order valence-corrected chi connectivity index (χ1v) is 19.3. The van der Waals surface area contributed by atoms with E-state index >= 15 is 0 Å². The number of hydrogen-bond acceptors (Lipinski definition) is 6. The number of aromatic nitrogens is 6. The van der Waals surface area contributed by atoms with Crippen molar-refractivity contribution in [3.05, 3.63) is 47.2 Å². The molecule has 3 aromatic heterocycles. The van der Waals surface area contributed by atoms with Crippen LogP contribution in [0.3, 0.4) is 0 Å². The van der Waals surface area contributed by atoms with Crippen molar-refractivity contribution in [1.82, 2.24) is 28.7 Å². The van der Waals surface area contributed by atoms with E-state index in [9.17, 15) is 68.0 Å². The molecule has 3 N–H and O–H groups in total. The van der Waals surface area contributed by atoms with Gasteiger partial charge >= 0.3 is 18.5 Å². The Kier molecular flexibility index (Phi) is 9.45. The van der Waals surface area contributed by atoms with Crippen LogP contribution in [0, 0.1) is 11.1 Å². The number of halogens is 15. The van der Waals surface area contributed by atoms with Crippen molar-refractivity contribution < 1.29 is 68.0 Å². The molecule has 9 fully saturated rings. The normalized spacial score (nSPS) is 35.9. The average Bonchev–Trinajstić information content (AvgIpc) is 3.64. The van der Waals surface area contributed by atoms with E-state index in [1.807, 2.05) is 0 Å². The standard InChI is InChI=1S/3C10H9F4IN2O/c3*11-8-2-9(3-8,4-8)17-1-5(15)16-7(17)6(18)10(12,13)14/h3*1,6,18H,2-4H2/t2*6-,8?,9?;/m10./s1. The summed E-state index contributed by atoms with van der Waals surface area (Å²) in [7, 11) is 0. The smallest absolute Gasteiger partial charge is 0.377 e. The predicted octanol–water partition coefficient (Wildman–Crippen LogP) is 8.05. The third-order valence-electron chi connectivity index (χ3n) is 11.1. The molecule has 9 saturated carbocycles. The molecule has 9 nitrogen and oxygen atoms in total. The Hall–Kier alpha value is -1.14. The molecule has 54 heavy (non-hydrogen) atoms. The van der Waals surface area contributed by atoms with E-state index in [-0.39, 0.29) is 57.8 Å². The number of aliphatic hydroxyl groups is 3. The third-order valence-corrected chi connectivity index (χ3v) is 12.7. The van der Waals surface area contributed by atoms with Crippen molar-refractivity contribution in [2.24, 2.45) is 0 Å². The van der Waals surface area contributed by atoms with Crippen molar-refractivity contribution in [3.8, 4) is 0 Å². The van der Waals surface area contributed by atoms with Gasteiger partial charge in [0.25, 0.3) is 0 Å². The monoisotopic (exact) mass is 1130 g/mol. The molecule has 3 heterocycles. The molecule has 9 aliphatic carbocycles. The minimum Gasteiger partial charge on any atom is -0.377 e. The summed E-state index contributed by atoms with van der Waals surface area (Å²) in [4.78, 5) is 11.2. The van der Waals surface area contributed by atoms with Crippen LogP contribution in [-0.2, 0) is 16.6 Å². The molecule has 3 aromatic rings. The molecule has 0 spiro atoms. The van der Waals surface area contributed by atoms with Crippen molar-refractivity contribution in [3.63, 3.8) is 0 Å². The van der Waals surface area contributed by atoms with E-state index < -0.39 is 87.9 Å². The molecule has 0 aliphatic heterocycles. The number of aliphatic hydroxyl groups excluding tert-OH is 3. The zero-order valence-corrected chi connectivity index (χ0v) is 33.5. The summed E-state index contributed by atoms with van der Waals surface area (Å²) >= 11 is 5.35. The zero-order valence-electron chi connectivity index (χ0n) is 27.0. The van der Waals surface area contributed by atoms with Crippen LogP contribution < -0.4 is 0 Å². The molecule has 0 saturated heterocycles. The summed E-state index contributed by atoms with van der Waals surface area (Å²) in [6, 6.07) is 0. The van der Waals surface area contributed by atoms with Gasteiger partial charge in [-0.1, -0.05) is 0 Å². The maximum Gasteiger partial charge on any atom is 0.421 e. The Balaban J connectivity index is 0.000000125. The highest BCUT2D eigenvalue weighted by atomic mass is 127. The van der Waals surface area contributed by atoms with E-state index in [4.69, 9.17) is 0 Å². The highest BCUT2D eigenvalue weighted by molar-refractivity contribution is 14.1. The van der Waals surface area contributed by atoms with Gasteiger partial charge in [0, 0.05) is 76.4 Å². The second-order valence-corrected chi connectivity index (χ2v) is 18.7. The van der Waals surface area contributed by atoms with Gasteiger partial charge in [-0.05, 0) is 67.8 Å². The van der Waals surface area contributed by atoms with E-state index in [1.165, 1.54) is 32.3 Å². The van der Waals surface area contributed by atoms with E-state index in [2.05, 4.69) is 15.0 Å². The number of rotatable bonds is 6. The van der Waals surface area contributed by atoms with Gasteiger partial charge in [-0.2, -0.15) is 39.5 Å².